The second-order valence-electron chi connectivity index (χ2n) is 9.76. The number of aliphatic hydroxyl groups excluding tert-OH is 1. The average molecular weight is 457 g/mol. The summed E-state index contributed by atoms with van der Waals surface area (Å²) in [6.07, 6.45) is 9.65. The maximum atomic E-state index is 9.69. The SMILES string of the molecule is CC1C=CN2C=C(c3ccc4c(c3)NCCO4)N=C(Nc3ccc(C(C)(C)CO)cc3)C2=CC1. The van der Waals surface area contributed by atoms with Crippen molar-refractivity contribution in [3.8, 4) is 5.75 Å². The minimum absolute atomic E-state index is 0.105. The zero-order chi connectivity index (χ0) is 23.7. The second-order valence-corrected chi connectivity index (χ2v) is 9.76. The number of nitrogens with zero attached hydrogens (tertiary/aromatic N) is 2. The van der Waals surface area contributed by atoms with E-state index < -0.39 is 0 Å². The van der Waals surface area contributed by atoms with Gasteiger partial charge in [-0.1, -0.05) is 45.1 Å². The number of hydrogen-bond acceptors (Lipinski definition) is 6. The predicted molar refractivity (Wildman–Crippen MR) is 139 cm³/mol. The van der Waals surface area contributed by atoms with Gasteiger partial charge in [0, 0.05) is 35.6 Å². The number of hydrogen-bond donors (Lipinski definition) is 3. The van der Waals surface area contributed by atoms with Crippen LogP contribution in [0.4, 0.5) is 11.4 Å². The minimum atomic E-state index is -0.275. The number of aliphatic imine (C=N–C) groups is 1. The standard InChI is InChI=1S/C28H32N4O2/c1-19-4-10-25-27(30-22-8-6-21(7-9-22)28(2,3)18-33)31-24(17-32(25)14-12-19)20-5-11-26-23(16-20)29-13-15-34-26/h5-12,14,16-17,19,29,33H,4,13,15,18H2,1-3H3,(H,30,31). The molecule has 0 fully saturated rings. The number of ether oxygens (including phenoxy) is 1. The first-order chi connectivity index (χ1) is 16.4. The Balaban J connectivity index is 1.49. The van der Waals surface area contributed by atoms with Gasteiger partial charge in [-0.15, -0.1) is 0 Å². The molecule has 1 unspecified atom stereocenters. The molecule has 0 saturated heterocycles. The maximum absolute atomic E-state index is 9.69. The highest BCUT2D eigenvalue weighted by molar-refractivity contribution is 6.11. The van der Waals surface area contributed by atoms with Crippen molar-refractivity contribution >= 4 is 22.9 Å². The van der Waals surface area contributed by atoms with Crippen LogP contribution in [0.3, 0.4) is 0 Å². The molecule has 6 heteroatoms. The number of anilines is 2. The Kier molecular flexibility index (Phi) is 5.92. The number of amidine groups is 1. The maximum Gasteiger partial charge on any atom is 0.155 e. The van der Waals surface area contributed by atoms with Gasteiger partial charge in [0.15, 0.2) is 5.84 Å². The van der Waals surface area contributed by atoms with Crippen LogP contribution in [0.15, 0.2) is 77.7 Å². The van der Waals surface area contributed by atoms with E-state index in [2.05, 4.69) is 71.3 Å². The van der Waals surface area contributed by atoms with Crippen molar-refractivity contribution in [2.24, 2.45) is 10.9 Å². The molecule has 3 heterocycles. The Labute approximate surface area is 201 Å². The monoisotopic (exact) mass is 456 g/mol. The molecule has 34 heavy (non-hydrogen) atoms. The normalized spacial score (nSPS) is 19.5. The van der Waals surface area contributed by atoms with Crippen LogP contribution in [0.5, 0.6) is 5.75 Å². The first kappa shape index (κ1) is 22.3. The first-order valence-corrected chi connectivity index (χ1v) is 11.9. The van der Waals surface area contributed by atoms with E-state index in [-0.39, 0.29) is 12.0 Å². The lowest BCUT2D eigenvalue weighted by atomic mass is 9.85. The smallest absolute Gasteiger partial charge is 0.155 e. The van der Waals surface area contributed by atoms with Crippen molar-refractivity contribution in [1.29, 1.82) is 0 Å². The van der Waals surface area contributed by atoms with Crippen LogP contribution < -0.4 is 15.4 Å². The third kappa shape index (κ3) is 4.46. The van der Waals surface area contributed by atoms with Crippen LogP contribution in [-0.2, 0) is 5.41 Å². The Morgan fingerprint density at radius 1 is 1.21 bits per heavy atom. The molecule has 3 N–H and O–H groups in total. The van der Waals surface area contributed by atoms with Crippen LogP contribution in [0, 0.1) is 5.92 Å². The number of fused-ring (bicyclic) bond motifs is 2. The van der Waals surface area contributed by atoms with Crippen LogP contribution in [0.25, 0.3) is 5.70 Å². The highest BCUT2D eigenvalue weighted by atomic mass is 16.5. The van der Waals surface area contributed by atoms with E-state index in [4.69, 9.17) is 9.73 Å². The van der Waals surface area contributed by atoms with E-state index >= 15 is 0 Å². The zero-order valence-corrected chi connectivity index (χ0v) is 20.0. The van der Waals surface area contributed by atoms with Crippen LogP contribution >= 0.6 is 0 Å². The fraction of sp³-hybridized carbons (Fsp3) is 0.321. The van der Waals surface area contributed by atoms with Gasteiger partial charge in [-0.25, -0.2) is 4.99 Å². The summed E-state index contributed by atoms with van der Waals surface area (Å²) >= 11 is 0. The van der Waals surface area contributed by atoms with Crippen molar-refractivity contribution in [3.05, 3.63) is 83.8 Å². The lowest BCUT2D eigenvalue weighted by Crippen LogP contribution is -2.27. The molecule has 2 aromatic carbocycles. The molecule has 0 spiro atoms. The van der Waals surface area contributed by atoms with Crippen LogP contribution in [0.2, 0.25) is 0 Å². The van der Waals surface area contributed by atoms with Crippen LogP contribution in [0.1, 0.15) is 38.3 Å². The second kappa shape index (κ2) is 9.03. The topological polar surface area (TPSA) is 69.1 Å². The third-order valence-electron chi connectivity index (χ3n) is 6.55. The molecule has 0 aliphatic carbocycles. The molecule has 3 aliphatic heterocycles. The number of allylic oxidation sites excluding steroid dienone is 2. The Morgan fingerprint density at radius 2 is 2.03 bits per heavy atom. The van der Waals surface area contributed by atoms with Gasteiger partial charge in [-0.2, -0.15) is 0 Å². The van der Waals surface area contributed by atoms with E-state index in [9.17, 15) is 5.11 Å². The summed E-state index contributed by atoms with van der Waals surface area (Å²) in [6.45, 7) is 7.88. The minimum Gasteiger partial charge on any atom is -0.490 e. The van der Waals surface area contributed by atoms with Crippen molar-refractivity contribution in [2.75, 3.05) is 30.4 Å². The molecule has 176 valence electrons. The number of aliphatic hydroxyl groups is 1. The van der Waals surface area contributed by atoms with E-state index in [1.165, 1.54) is 0 Å². The zero-order valence-electron chi connectivity index (χ0n) is 20.0. The molecular weight excluding hydrogens is 424 g/mol. The predicted octanol–water partition coefficient (Wildman–Crippen LogP) is 5.32. The molecule has 0 radical (unpaired) electrons. The third-order valence-corrected chi connectivity index (χ3v) is 6.55. The molecule has 2 aromatic rings. The largest absolute Gasteiger partial charge is 0.490 e. The van der Waals surface area contributed by atoms with Crippen LogP contribution in [-0.4, -0.2) is 35.6 Å². The molecule has 5 rings (SSSR count). The molecule has 6 nitrogen and oxygen atoms in total. The summed E-state index contributed by atoms with van der Waals surface area (Å²) in [7, 11) is 0. The molecule has 1 atom stereocenters. The highest BCUT2D eigenvalue weighted by Crippen LogP contribution is 2.34. The van der Waals surface area contributed by atoms with Gasteiger partial charge in [0.2, 0.25) is 0 Å². The van der Waals surface area contributed by atoms with E-state index in [0.717, 1.165) is 58.4 Å². The van der Waals surface area contributed by atoms with Gasteiger partial charge < -0.3 is 25.4 Å². The van der Waals surface area contributed by atoms with E-state index in [1.54, 1.807) is 0 Å². The first-order valence-electron chi connectivity index (χ1n) is 11.9. The Morgan fingerprint density at radius 3 is 2.82 bits per heavy atom. The summed E-state index contributed by atoms with van der Waals surface area (Å²) in [5, 5.41) is 16.7. The lowest BCUT2D eigenvalue weighted by Gasteiger charge is -2.27. The van der Waals surface area contributed by atoms with Gasteiger partial charge in [-0.3, -0.25) is 0 Å². The molecule has 0 bridgehead atoms. The lowest BCUT2D eigenvalue weighted by molar-refractivity contribution is 0.218. The summed E-state index contributed by atoms with van der Waals surface area (Å²) in [5.74, 6) is 2.15. The van der Waals surface area contributed by atoms with Crippen molar-refractivity contribution in [3.63, 3.8) is 0 Å². The fourth-order valence-electron chi connectivity index (χ4n) is 4.24. The number of nitrogens with one attached hydrogen (secondary N) is 2. The molecule has 3 aliphatic rings. The quantitative estimate of drug-likeness (QED) is 0.581. The van der Waals surface area contributed by atoms with Gasteiger partial charge >= 0.3 is 0 Å². The average Bonchev–Trinajstić information content (AvgIpc) is 3.05. The highest BCUT2D eigenvalue weighted by Gasteiger charge is 2.23. The van der Waals surface area contributed by atoms with Crippen molar-refractivity contribution in [1.82, 2.24) is 4.90 Å². The van der Waals surface area contributed by atoms with Gasteiger partial charge in [-0.05, 0) is 48.2 Å². The van der Waals surface area contributed by atoms with Gasteiger partial charge in [0.25, 0.3) is 0 Å². The molecule has 0 saturated carbocycles. The fourth-order valence-corrected chi connectivity index (χ4v) is 4.24. The Hall–Kier alpha value is -3.51. The van der Waals surface area contributed by atoms with Crippen molar-refractivity contribution < 1.29 is 9.84 Å². The number of benzene rings is 2. The molecular formula is C28H32N4O2. The summed E-state index contributed by atoms with van der Waals surface area (Å²) in [6, 6.07) is 14.4. The Bertz CT molecular complexity index is 1190. The van der Waals surface area contributed by atoms with E-state index in [1.807, 2.05) is 32.0 Å². The molecule has 0 aromatic heterocycles. The number of rotatable bonds is 4. The summed E-state index contributed by atoms with van der Waals surface area (Å²) in [4.78, 5) is 7.20. The van der Waals surface area contributed by atoms with Gasteiger partial charge in [0.05, 0.1) is 23.7 Å². The summed E-state index contributed by atoms with van der Waals surface area (Å²) in [5.41, 5.74) is 5.74. The van der Waals surface area contributed by atoms with Crippen molar-refractivity contribution in [2.45, 2.75) is 32.6 Å². The molecule has 0 amide bonds. The van der Waals surface area contributed by atoms with Gasteiger partial charge in [0.1, 0.15) is 12.4 Å². The summed E-state index contributed by atoms with van der Waals surface area (Å²) < 4.78 is 5.75. The van der Waals surface area contributed by atoms with E-state index in [0.29, 0.717) is 12.5 Å².